The second kappa shape index (κ2) is 7.51. The van der Waals surface area contributed by atoms with Crippen molar-refractivity contribution in [3.63, 3.8) is 0 Å². The van der Waals surface area contributed by atoms with Crippen molar-refractivity contribution in [3.05, 3.63) is 35.4 Å². The number of carbonyl (C=O) groups excluding carboxylic acids is 1. The van der Waals surface area contributed by atoms with Crippen LogP contribution in [0.15, 0.2) is 29.3 Å². The van der Waals surface area contributed by atoms with Crippen LogP contribution in [0.1, 0.15) is 15.9 Å². The lowest BCUT2D eigenvalue weighted by Gasteiger charge is -2.10. The Morgan fingerprint density at radius 1 is 1.14 bits per heavy atom. The van der Waals surface area contributed by atoms with E-state index >= 15 is 0 Å². The van der Waals surface area contributed by atoms with Gasteiger partial charge in [0, 0.05) is 32.7 Å². The smallest absolute Gasteiger partial charge is 0.359 e. The summed E-state index contributed by atoms with van der Waals surface area (Å²) in [6, 6.07) is 4.07. The number of guanidine groups is 1. The van der Waals surface area contributed by atoms with Gasteiger partial charge in [0.1, 0.15) is 0 Å². The number of benzene rings is 1. The summed E-state index contributed by atoms with van der Waals surface area (Å²) in [4.78, 5) is 15.6. The fourth-order valence-electron chi connectivity index (χ4n) is 1.55. The summed E-state index contributed by atoms with van der Waals surface area (Å²) in [5.41, 5.74) is -0.598. The summed E-state index contributed by atoms with van der Waals surface area (Å²) in [6.07, 6.45) is -4.40. The van der Waals surface area contributed by atoms with Crippen molar-refractivity contribution >= 4 is 11.9 Å². The maximum absolute atomic E-state index is 12.4. The molecule has 3 N–H and O–H groups in total. The van der Waals surface area contributed by atoms with Gasteiger partial charge in [-0.05, 0) is 24.3 Å². The van der Waals surface area contributed by atoms with Crippen LogP contribution in [-0.4, -0.2) is 39.1 Å². The van der Waals surface area contributed by atoms with Gasteiger partial charge in [-0.3, -0.25) is 9.79 Å². The number of hydrogen-bond donors (Lipinski definition) is 3. The molecule has 0 atom stereocenters. The SMILES string of the molecule is CN=C(NC)NCCNC(=O)c1ccc(C(F)(F)F)cc1. The molecule has 0 bridgehead atoms. The van der Waals surface area contributed by atoms with Gasteiger partial charge in [0.25, 0.3) is 5.91 Å². The first kappa shape index (κ1) is 16.8. The van der Waals surface area contributed by atoms with Crippen LogP contribution in [0.4, 0.5) is 13.2 Å². The van der Waals surface area contributed by atoms with Gasteiger partial charge in [0.15, 0.2) is 5.96 Å². The van der Waals surface area contributed by atoms with Crippen LogP contribution in [0.3, 0.4) is 0 Å². The van der Waals surface area contributed by atoms with E-state index in [0.717, 1.165) is 24.3 Å². The Balaban J connectivity index is 2.46. The molecule has 0 spiro atoms. The standard InChI is InChI=1S/C13H17F3N4O/c1-17-12(18-2)20-8-7-19-11(21)9-3-5-10(6-4-9)13(14,15)16/h3-6H,7-8H2,1-2H3,(H,19,21)(H2,17,18,20). The van der Waals surface area contributed by atoms with Gasteiger partial charge in [-0.25, -0.2) is 0 Å². The molecule has 5 nitrogen and oxygen atoms in total. The topological polar surface area (TPSA) is 65.5 Å². The third kappa shape index (κ3) is 5.33. The zero-order valence-corrected chi connectivity index (χ0v) is 11.7. The van der Waals surface area contributed by atoms with E-state index in [-0.39, 0.29) is 5.56 Å². The van der Waals surface area contributed by atoms with E-state index in [4.69, 9.17) is 0 Å². The van der Waals surface area contributed by atoms with Crippen LogP contribution < -0.4 is 16.0 Å². The molecular weight excluding hydrogens is 285 g/mol. The van der Waals surface area contributed by atoms with Crippen molar-refractivity contribution in [2.24, 2.45) is 4.99 Å². The number of amides is 1. The molecule has 0 fully saturated rings. The predicted molar refractivity (Wildman–Crippen MR) is 74.2 cm³/mol. The van der Waals surface area contributed by atoms with Gasteiger partial charge in [-0.15, -0.1) is 0 Å². The number of rotatable bonds is 4. The first-order valence-corrected chi connectivity index (χ1v) is 6.22. The van der Waals surface area contributed by atoms with Crippen LogP contribution in [0, 0.1) is 0 Å². The number of nitrogens with zero attached hydrogens (tertiary/aromatic N) is 1. The molecule has 1 amide bonds. The van der Waals surface area contributed by atoms with E-state index in [0.29, 0.717) is 19.0 Å². The molecule has 0 saturated carbocycles. The molecule has 8 heteroatoms. The quantitative estimate of drug-likeness (QED) is 0.445. The molecule has 1 rings (SSSR count). The van der Waals surface area contributed by atoms with Crippen LogP contribution in [-0.2, 0) is 6.18 Å². The summed E-state index contributed by atoms with van der Waals surface area (Å²) < 4.78 is 37.2. The van der Waals surface area contributed by atoms with E-state index in [2.05, 4.69) is 20.9 Å². The number of hydrogen-bond acceptors (Lipinski definition) is 2. The van der Waals surface area contributed by atoms with Crippen LogP contribution in [0.5, 0.6) is 0 Å². The fourth-order valence-corrected chi connectivity index (χ4v) is 1.55. The minimum absolute atomic E-state index is 0.181. The molecular formula is C13H17F3N4O. The Hall–Kier alpha value is -2.25. The normalized spacial score (nSPS) is 12.0. The van der Waals surface area contributed by atoms with Gasteiger partial charge in [-0.1, -0.05) is 0 Å². The Morgan fingerprint density at radius 3 is 2.19 bits per heavy atom. The second-order valence-corrected chi connectivity index (χ2v) is 4.08. The highest BCUT2D eigenvalue weighted by atomic mass is 19.4. The Labute approximate surface area is 120 Å². The van der Waals surface area contributed by atoms with Gasteiger partial charge < -0.3 is 16.0 Å². The maximum Gasteiger partial charge on any atom is 0.416 e. The van der Waals surface area contributed by atoms with Crippen molar-refractivity contribution in [1.29, 1.82) is 0 Å². The Kier molecular flexibility index (Phi) is 6.01. The monoisotopic (exact) mass is 302 g/mol. The van der Waals surface area contributed by atoms with E-state index < -0.39 is 17.6 Å². The first-order chi connectivity index (χ1) is 9.88. The summed E-state index contributed by atoms with van der Waals surface area (Å²) in [7, 11) is 3.32. The first-order valence-electron chi connectivity index (χ1n) is 6.22. The third-order valence-corrected chi connectivity index (χ3v) is 2.64. The van der Waals surface area contributed by atoms with Crippen molar-refractivity contribution < 1.29 is 18.0 Å². The number of alkyl halides is 3. The average Bonchev–Trinajstić information content (AvgIpc) is 2.46. The summed E-state index contributed by atoms with van der Waals surface area (Å²) in [5, 5.41) is 8.34. The number of halogens is 3. The lowest BCUT2D eigenvalue weighted by atomic mass is 10.1. The maximum atomic E-state index is 12.4. The van der Waals surface area contributed by atoms with Gasteiger partial charge in [0.05, 0.1) is 5.56 Å². The van der Waals surface area contributed by atoms with Gasteiger partial charge in [0.2, 0.25) is 0 Å². The minimum Gasteiger partial charge on any atom is -0.359 e. The summed E-state index contributed by atoms with van der Waals surface area (Å²) in [6.45, 7) is 0.764. The highest BCUT2D eigenvalue weighted by Crippen LogP contribution is 2.28. The largest absolute Gasteiger partial charge is 0.416 e. The summed E-state index contributed by atoms with van der Waals surface area (Å²) >= 11 is 0. The second-order valence-electron chi connectivity index (χ2n) is 4.08. The average molecular weight is 302 g/mol. The van der Waals surface area contributed by atoms with E-state index in [9.17, 15) is 18.0 Å². The molecule has 0 aromatic heterocycles. The molecule has 21 heavy (non-hydrogen) atoms. The van der Waals surface area contributed by atoms with Crippen LogP contribution >= 0.6 is 0 Å². The minimum atomic E-state index is -4.40. The van der Waals surface area contributed by atoms with E-state index in [1.807, 2.05) is 0 Å². The van der Waals surface area contributed by atoms with Crippen molar-refractivity contribution in [2.45, 2.75) is 6.18 Å². The van der Waals surface area contributed by atoms with Crippen molar-refractivity contribution in [1.82, 2.24) is 16.0 Å². The van der Waals surface area contributed by atoms with Crippen molar-refractivity contribution in [3.8, 4) is 0 Å². The molecule has 0 radical (unpaired) electrons. The van der Waals surface area contributed by atoms with Gasteiger partial charge in [-0.2, -0.15) is 13.2 Å². The zero-order valence-electron chi connectivity index (χ0n) is 11.7. The van der Waals surface area contributed by atoms with Crippen LogP contribution in [0.25, 0.3) is 0 Å². The number of aliphatic imine (C=N–C) groups is 1. The lowest BCUT2D eigenvalue weighted by molar-refractivity contribution is -0.137. The molecule has 116 valence electrons. The predicted octanol–water partition coefficient (Wildman–Crippen LogP) is 1.23. The highest BCUT2D eigenvalue weighted by molar-refractivity contribution is 5.94. The Morgan fingerprint density at radius 2 is 1.71 bits per heavy atom. The van der Waals surface area contributed by atoms with E-state index in [1.54, 1.807) is 14.1 Å². The lowest BCUT2D eigenvalue weighted by Crippen LogP contribution is -2.39. The Bertz CT molecular complexity index is 497. The highest BCUT2D eigenvalue weighted by Gasteiger charge is 2.30. The van der Waals surface area contributed by atoms with E-state index in [1.165, 1.54) is 0 Å². The number of carbonyl (C=O) groups is 1. The molecule has 1 aromatic rings. The molecule has 0 saturated heterocycles. The molecule has 0 heterocycles. The van der Waals surface area contributed by atoms with Crippen molar-refractivity contribution in [2.75, 3.05) is 27.2 Å². The molecule has 1 aromatic carbocycles. The zero-order chi connectivity index (χ0) is 15.9. The fraction of sp³-hybridized carbons (Fsp3) is 0.385. The molecule has 0 aliphatic rings. The van der Waals surface area contributed by atoms with Crippen LogP contribution in [0.2, 0.25) is 0 Å². The molecule has 0 aliphatic heterocycles. The molecule has 0 unspecified atom stereocenters. The van der Waals surface area contributed by atoms with Gasteiger partial charge >= 0.3 is 6.18 Å². The summed E-state index contributed by atoms with van der Waals surface area (Å²) in [5.74, 6) is 0.156. The number of nitrogens with one attached hydrogen (secondary N) is 3. The molecule has 0 aliphatic carbocycles. The third-order valence-electron chi connectivity index (χ3n) is 2.64.